The summed E-state index contributed by atoms with van der Waals surface area (Å²) in [6, 6.07) is 7.94. The number of rotatable bonds is 2. The van der Waals surface area contributed by atoms with Gasteiger partial charge in [0, 0.05) is 35.0 Å². The van der Waals surface area contributed by atoms with Gasteiger partial charge in [-0.1, -0.05) is 0 Å². The molecule has 1 heterocycles. The molecule has 0 saturated carbocycles. The summed E-state index contributed by atoms with van der Waals surface area (Å²) in [6.45, 7) is 0. The average molecular weight is 336 g/mol. The third-order valence-electron chi connectivity index (χ3n) is 3.46. The van der Waals surface area contributed by atoms with E-state index in [0.29, 0.717) is 16.8 Å². The molecule has 0 spiro atoms. The lowest BCUT2D eigenvalue weighted by molar-refractivity contribution is 0.317. The Hall–Kier alpha value is -2.61. The van der Waals surface area contributed by atoms with Crippen molar-refractivity contribution < 1.29 is 20.4 Å². The number of benzene rings is 2. The number of phenols is 4. The summed E-state index contributed by atoms with van der Waals surface area (Å²) in [5, 5.41) is 38.7. The van der Waals surface area contributed by atoms with E-state index in [1.54, 1.807) is 12.1 Å². The lowest BCUT2D eigenvalue weighted by Crippen LogP contribution is -2.46. The molecule has 0 saturated heterocycles. The lowest BCUT2D eigenvalue weighted by atomic mass is 10.0. The molecule has 0 bridgehead atoms. The van der Waals surface area contributed by atoms with Crippen molar-refractivity contribution in [3.8, 4) is 23.0 Å². The van der Waals surface area contributed by atoms with Gasteiger partial charge in [0.15, 0.2) is 0 Å². The first-order valence-corrected chi connectivity index (χ1v) is 7.02. The Kier molecular flexibility index (Phi) is 3.91. The summed E-state index contributed by atoms with van der Waals surface area (Å²) in [7, 11) is 0. The van der Waals surface area contributed by atoms with Crippen LogP contribution in [0.2, 0.25) is 0 Å². The number of phenolic OH excluding ortho intramolecular Hbond substituents is 4. The van der Waals surface area contributed by atoms with Crippen molar-refractivity contribution in [2.24, 2.45) is 0 Å². The van der Waals surface area contributed by atoms with Crippen molar-refractivity contribution >= 4 is 17.5 Å². The quantitative estimate of drug-likeness (QED) is 0.466. The maximum atomic E-state index is 9.99. The highest BCUT2D eigenvalue weighted by atomic mass is 35.5. The first-order valence-electron chi connectivity index (χ1n) is 6.69. The molecule has 6 N–H and O–H groups in total. The number of hydrogen-bond acceptors (Lipinski definition) is 7. The molecule has 0 aromatic heterocycles. The van der Waals surface area contributed by atoms with Crippen LogP contribution in [-0.2, 0) is 0 Å². The van der Waals surface area contributed by atoms with Gasteiger partial charge in [-0.3, -0.25) is 0 Å². The molecule has 23 heavy (non-hydrogen) atoms. The van der Waals surface area contributed by atoms with Gasteiger partial charge >= 0.3 is 0 Å². The highest BCUT2D eigenvalue weighted by Gasteiger charge is 2.24. The van der Waals surface area contributed by atoms with Gasteiger partial charge in [-0.25, -0.2) is 9.95 Å². The van der Waals surface area contributed by atoms with Crippen LogP contribution in [0.5, 0.6) is 23.0 Å². The maximum Gasteiger partial charge on any atom is 0.128 e. The van der Waals surface area contributed by atoms with Crippen molar-refractivity contribution in [1.29, 1.82) is 0 Å². The fourth-order valence-corrected chi connectivity index (χ4v) is 2.54. The number of halogens is 1. The first kappa shape index (κ1) is 15.3. The highest BCUT2D eigenvalue weighted by molar-refractivity contribution is 6.17. The molecule has 1 atom stereocenters. The van der Waals surface area contributed by atoms with Gasteiger partial charge in [0.2, 0.25) is 0 Å². The average Bonchev–Trinajstić information content (AvgIpc) is 2.49. The van der Waals surface area contributed by atoms with Crippen LogP contribution in [0.15, 0.2) is 42.5 Å². The minimum Gasteiger partial charge on any atom is -0.508 e. The first-order chi connectivity index (χ1) is 11.0. The highest BCUT2D eigenvalue weighted by Crippen LogP contribution is 2.36. The number of nitrogens with one attached hydrogen (secondary N) is 2. The van der Waals surface area contributed by atoms with E-state index in [1.165, 1.54) is 30.3 Å². The molecule has 0 amide bonds. The van der Waals surface area contributed by atoms with Crippen molar-refractivity contribution in [1.82, 2.24) is 15.5 Å². The molecule has 1 aliphatic heterocycles. The molecule has 0 fully saturated rings. The Labute approximate surface area is 136 Å². The molecular weight excluding hydrogens is 322 g/mol. The van der Waals surface area contributed by atoms with Crippen LogP contribution < -0.4 is 11.0 Å². The third kappa shape index (κ3) is 2.98. The standard InChI is InChI=1S/C15H14ClN3O4/c16-19-13(11-4-2-9(21)6-15(11)23)7-12(17-18-19)10-3-1-8(20)5-14(10)22/h1-7,12,17-18,20-23H. The van der Waals surface area contributed by atoms with Gasteiger partial charge < -0.3 is 20.4 Å². The number of hydrazine groups is 2. The third-order valence-corrected chi connectivity index (χ3v) is 3.73. The molecule has 3 rings (SSSR count). The molecule has 120 valence electrons. The summed E-state index contributed by atoms with van der Waals surface area (Å²) < 4.78 is 1.14. The van der Waals surface area contributed by atoms with E-state index in [1.807, 2.05) is 0 Å². The Morgan fingerprint density at radius 1 is 0.913 bits per heavy atom. The van der Waals surface area contributed by atoms with E-state index in [2.05, 4.69) is 11.0 Å². The maximum absolute atomic E-state index is 9.99. The summed E-state index contributed by atoms with van der Waals surface area (Å²) in [6.07, 6.45) is 1.68. The van der Waals surface area contributed by atoms with E-state index in [9.17, 15) is 20.4 Å². The molecule has 7 nitrogen and oxygen atoms in total. The Morgan fingerprint density at radius 2 is 1.57 bits per heavy atom. The minimum atomic E-state index is -0.464. The molecule has 1 unspecified atom stereocenters. The summed E-state index contributed by atoms with van der Waals surface area (Å²) in [4.78, 5) is 0. The molecule has 0 radical (unpaired) electrons. The SMILES string of the molecule is Oc1ccc(C2=CC(c3ccc(O)cc3O)NNN2Cl)c(O)c1. The number of nitrogens with zero attached hydrogens (tertiary/aromatic N) is 1. The van der Waals surface area contributed by atoms with Crippen molar-refractivity contribution in [2.45, 2.75) is 6.04 Å². The Balaban J connectivity index is 2.03. The predicted octanol–water partition coefficient (Wildman–Crippen LogP) is 2.07. The lowest BCUT2D eigenvalue weighted by Gasteiger charge is -2.30. The van der Waals surface area contributed by atoms with Crippen LogP contribution in [0, 0.1) is 0 Å². The van der Waals surface area contributed by atoms with Crippen molar-refractivity contribution in [2.75, 3.05) is 0 Å². The zero-order valence-corrected chi connectivity index (χ0v) is 12.5. The van der Waals surface area contributed by atoms with Crippen LogP contribution >= 0.6 is 11.8 Å². The Bertz CT molecular complexity index is 781. The topological polar surface area (TPSA) is 108 Å². The van der Waals surface area contributed by atoms with Gasteiger partial charge in [-0.2, -0.15) is 5.53 Å². The van der Waals surface area contributed by atoms with Crippen molar-refractivity contribution in [3.63, 3.8) is 0 Å². The molecule has 2 aromatic carbocycles. The molecular formula is C15H14ClN3O4. The van der Waals surface area contributed by atoms with Gasteiger partial charge in [0.1, 0.15) is 23.0 Å². The molecule has 0 aliphatic carbocycles. The van der Waals surface area contributed by atoms with E-state index in [0.717, 1.165) is 4.53 Å². The zero-order valence-electron chi connectivity index (χ0n) is 11.7. The van der Waals surface area contributed by atoms with Gasteiger partial charge in [0.05, 0.1) is 11.7 Å². The predicted molar refractivity (Wildman–Crippen MR) is 84.2 cm³/mol. The van der Waals surface area contributed by atoms with Crippen molar-refractivity contribution in [3.05, 3.63) is 53.6 Å². The Morgan fingerprint density at radius 3 is 2.22 bits per heavy atom. The zero-order chi connectivity index (χ0) is 16.6. The van der Waals surface area contributed by atoms with Crippen LogP contribution in [0.1, 0.15) is 17.2 Å². The fraction of sp³-hybridized carbons (Fsp3) is 0.0667. The number of aromatic hydroxyl groups is 4. The second kappa shape index (κ2) is 5.88. The normalized spacial score (nSPS) is 17.9. The van der Waals surface area contributed by atoms with E-state index in [-0.39, 0.29) is 23.0 Å². The summed E-state index contributed by atoms with van der Waals surface area (Å²) in [5.74, 6) is -0.339. The second-order valence-electron chi connectivity index (χ2n) is 5.01. The smallest absolute Gasteiger partial charge is 0.128 e. The van der Waals surface area contributed by atoms with E-state index >= 15 is 0 Å². The fourth-order valence-electron chi connectivity index (χ4n) is 2.35. The molecule has 2 aromatic rings. The summed E-state index contributed by atoms with van der Waals surface area (Å²) >= 11 is 6.06. The van der Waals surface area contributed by atoms with Crippen LogP contribution in [0.4, 0.5) is 0 Å². The second-order valence-corrected chi connectivity index (χ2v) is 5.35. The van der Waals surface area contributed by atoms with Crippen LogP contribution in [0.25, 0.3) is 5.70 Å². The summed E-state index contributed by atoms with van der Waals surface area (Å²) in [5.41, 5.74) is 6.91. The monoisotopic (exact) mass is 335 g/mol. The van der Waals surface area contributed by atoms with Crippen LogP contribution in [0.3, 0.4) is 0 Å². The van der Waals surface area contributed by atoms with E-state index in [4.69, 9.17) is 11.8 Å². The minimum absolute atomic E-state index is 0.0469. The van der Waals surface area contributed by atoms with E-state index < -0.39 is 6.04 Å². The molecule has 1 aliphatic rings. The van der Waals surface area contributed by atoms with Gasteiger partial charge in [0.25, 0.3) is 0 Å². The number of hydrogen-bond donors (Lipinski definition) is 6. The molecule has 8 heteroatoms. The van der Waals surface area contributed by atoms with Gasteiger partial charge in [-0.15, -0.1) is 0 Å². The van der Waals surface area contributed by atoms with Crippen LogP contribution in [-0.4, -0.2) is 25.0 Å². The largest absolute Gasteiger partial charge is 0.508 e. The van der Waals surface area contributed by atoms with Gasteiger partial charge in [-0.05, 0) is 30.3 Å².